The lowest BCUT2D eigenvalue weighted by Crippen LogP contribution is -2.28. The number of carbonyl (C=O) groups excluding carboxylic acids is 2. The van der Waals surface area contributed by atoms with Crippen molar-refractivity contribution in [2.45, 2.75) is 315 Å². The predicted octanol–water partition coefficient (Wildman–Crippen LogP) is 22.4. The minimum absolute atomic E-state index is 0.0688. The summed E-state index contributed by atoms with van der Waals surface area (Å²) in [6, 6.07) is 0. The highest BCUT2D eigenvalue weighted by atomic mass is 16.6. The maximum atomic E-state index is 12.4. The van der Waals surface area contributed by atoms with E-state index < -0.39 is 6.10 Å². The Bertz CT molecular complexity index is 1470. The molecule has 0 fully saturated rings. The summed E-state index contributed by atoms with van der Waals surface area (Å²) < 4.78 is 10.7. The van der Waals surface area contributed by atoms with Crippen molar-refractivity contribution in [3.63, 3.8) is 0 Å². The molecule has 0 heterocycles. The lowest BCUT2D eigenvalue weighted by atomic mass is 10.0. The number of rotatable bonds is 59. The van der Waals surface area contributed by atoms with Crippen molar-refractivity contribution in [1.29, 1.82) is 0 Å². The molecule has 0 aliphatic carbocycles. The SMILES string of the molecule is CC/C=C\C/C=C\C/C=C\C/C=C\C/C=C\C/C=C\CCCCCCCCCCCCCCCCCCC(=O)OC(CO)COC(=O)CCCCCCCCCCCCCC/C=C\C/C=C\C/C=C\CCCCCCC. The maximum absolute atomic E-state index is 12.4. The van der Waals surface area contributed by atoms with Crippen molar-refractivity contribution in [2.75, 3.05) is 13.2 Å². The number of carbonyl (C=O) groups is 2. The van der Waals surface area contributed by atoms with Crippen LogP contribution in [0.2, 0.25) is 0 Å². The predicted molar refractivity (Wildman–Crippen MR) is 334 cm³/mol. The fourth-order valence-corrected chi connectivity index (χ4v) is 9.22. The van der Waals surface area contributed by atoms with E-state index in [0.29, 0.717) is 12.8 Å². The molecule has 0 rings (SSSR count). The summed E-state index contributed by atoms with van der Waals surface area (Å²) >= 11 is 0. The van der Waals surface area contributed by atoms with Gasteiger partial charge in [-0.1, -0.05) is 303 Å². The highest BCUT2D eigenvalue weighted by Gasteiger charge is 2.16. The Balaban J connectivity index is 3.48. The molecular formula is C71H122O5. The minimum Gasteiger partial charge on any atom is -0.462 e. The van der Waals surface area contributed by atoms with Gasteiger partial charge in [0.1, 0.15) is 6.61 Å². The quantitative estimate of drug-likeness (QED) is 0.0373. The van der Waals surface area contributed by atoms with E-state index in [1.54, 1.807) is 0 Å². The summed E-state index contributed by atoms with van der Waals surface area (Å²) in [5, 5.41) is 9.69. The number of aliphatic hydroxyl groups is 1. The molecule has 0 aromatic rings. The fraction of sp³-hybridized carbons (Fsp3) is 0.718. The van der Waals surface area contributed by atoms with Gasteiger partial charge < -0.3 is 14.6 Å². The van der Waals surface area contributed by atoms with E-state index in [2.05, 4.69) is 123 Å². The third kappa shape index (κ3) is 63.1. The number of esters is 2. The topological polar surface area (TPSA) is 72.8 Å². The van der Waals surface area contributed by atoms with Crippen LogP contribution in [0.25, 0.3) is 0 Å². The summed E-state index contributed by atoms with van der Waals surface area (Å²) in [7, 11) is 0. The van der Waals surface area contributed by atoms with E-state index >= 15 is 0 Å². The third-order valence-electron chi connectivity index (χ3n) is 14.1. The van der Waals surface area contributed by atoms with Crippen LogP contribution in [0, 0.1) is 0 Å². The van der Waals surface area contributed by atoms with Crippen molar-refractivity contribution < 1.29 is 24.2 Å². The lowest BCUT2D eigenvalue weighted by Gasteiger charge is -2.15. The Morgan fingerprint density at radius 3 is 0.855 bits per heavy atom. The Morgan fingerprint density at radius 2 is 0.566 bits per heavy atom. The highest BCUT2D eigenvalue weighted by Crippen LogP contribution is 2.17. The Morgan fingerprint density at radius 1 is 0.316 bits per heavy atom. The van der Waals surface area contributed by atoms with Crippen LogP contribution in [0.1, 0.15) is 309 Å². The average Bonchev–Trinajstić information content (AvgIpc) is 3.42. The molecule has 1 N–H and O–H groups in total. The van der Waals surface area contributed by atoms with Gasteiger partial charge in [0.2, 0.25) is 0 Å². The van der Waals surface area contributed by atoms with Gasteiger partial charge in [0.25, 0.3) is 0 Å². The van der Waals surface area contributed by atoms with Gasteiger partial charge in [-0.25, -0.2) is 0 Å². The molecule has 1 atom stereocenters. The van der Waals surface area contributed by atoms with Crippen molar-refractivity contribution in [3.8, 4) is 0 Å². The van der Waals surface area contributed by atoms with Gasteiger partial charge in [-0.15, -0.1) is 0 Å². The Kier molecular flexibility index (Phi) is 62.9. The standard InChI is InChI=1S/C71H122O5/c1-3-5-7-9-11-13-15-17-19-21-23-25-27-29-31-32-33-34-35-36-37-38-40-42-44-46-48-50-52-54-56-58-60-62-64-66-71(74)76-69(67-72)68-75-70(73)65-63-61-59-57-55-53-51-49-47-45-43-41-39-30-28-26-24-22-20-18-16-14-12-10-8-6-4-2/h5,7,11,13,16-19,22-25,28-31,33-34,69,72H,3-4,6,8-10,12,14-15,20-21,26-27,32,35-68H2,1-2H3/b7-5-,13-11-,18-16-,19-17-,24-22-,25-23-,30-28-,31-29-,34-33-. The van der Waals surface area contributed by atoms with Crippen LogP contribution in [-0.2, 0) is 19.1 Å². The van der Waals surface area contributed by atoms with Gasteiger partial charge in [-0.05, 0) is 103 Å². The molecule has 5 heteroatoms. The molecule has 1 unspecified atom stereocenters. The van der Waals surface area contributed by atoms with Gasteiger partial charge in [0.15, 0.2) is 6.10 Å². The second-order valence-electron chi connectivity index (χ2n) is 21.5. The number of allylic oxidation sites excluding steroid dienone is 18. The molecule has 76 heavy (non-hydrogen) atoms. The van der Waals surface area contributed by atoms with Crippen LogP contribution in [0.15, 0.2) is 109 Å². The molecule has 0 aromatic carbocycles. The van der Waals surface area contributed by atoms with Crippen molar-refractivity contribution in [1.82, 2.24) is 0 Å². The van der Waals surface area contributed by atoms with Crippen molar-refractivity contribution >= 4 is 11.9 Å². The smallest absolute Gasteiger partial charge is 0.306 e. The molecule has 0 saturated heterocycles. The van der Waals surface area contributed by atoms with Crippen LogP contribution in [0.4, 0.5) is 0 Å². The number of hydrogen-bond acceptors (Lipinski definition) is 5. The molecule has 0 amide bonds. The molecule has 436 valence electrons. The second kappa shape index (κ2) is 65.8. The molecule has 0 bridgehead atoms. The summed E-state index contributed by atoms with van der Waals surface area (Å²) in [4.78, 5) is 24.6. The van der Waals surface area contributed by atoms with E-state index in [1.807, 2.05) is 0 Å². The van der Waals surface area contributed by atoms with Gasteiger partial charge in [0, 0.05) is 12.8 Å². The van der Waals surface area contributed by atoms with Crippen molar-refractivity contribution in [3.05, 3.63) is 109 Å². The van der Waals surface area contributed by atoms with Gasteiger partial charge in [-0.2, -0.15) is 0 Å². The fourth-order valence-electron chi connectivity index (χ4n) is 9.22. The highest BCUT2D eigenvalue weighted by molar-refractivity contribution is 5.70. The van der Waals surface area contributed by atoms with Gasteiger partial charge in [0.05, 0.1) is 6.61 Å². The summed E-state index contributed by atoms with van der Waals surface area (Å²) in [6.45, 7) is 4.04. The van der Waals surface area contributed by atoms with Crippen LogP contribution in [-0.4, -0.2) is 36.4 Å². The largest absolute Gasteiger partial charge is 0.462 e. The summed E-state index contributed by atoms with van der Waals surface area (Å²) in [6.07, 6.45) is 95.2. The molecule has 0 radical (unpaired) electrons. The van der Waals surface area contributed by atoms with Crippen LogP contribution >= 0.6 is 0 Å². The average molecular weight is 1060 g/mol. The van der Waals surface area contributed by atoms with E-state index in [-0.39, 0.29) is 25.2 Å². The van der Waals surface area contributed by atoms with E-state index in [0.717, 1.165) is 89.9 Å². The number of unbranched alkanes of at least 4 members (excludes halogenated alkanes) is 33. The molecule has 0 aliphatic rings. The molecule has 5 nitrogen and oxygen atoms in total. The second-order valence-corrected chi connectivity index (χ2v) is 21.5. The Labute approximate surface area is 471 Å². The lowest BCUT2D eigenvalue weighted by molar-refractivity contribution is -0.161. The minimum atomic E-state index is -0.779. The number of aliphatic hydroxyl groups excluding tert-OH is 1. The van der Waals surface area contributed by atoms with Crippen molar-refractivity contribution in [2.24, 2.45) is 0 Å². The summed E-state index contributed by atoms with van der Waals surface area (Å²) in [5.41, 5.74) is 0. The van der Waals surface area contributed by atoms with E-state index in [1.165, 1.54) is 193 Å². The molecule has 0 aromatic heterocycles. The first-order chi connectivity index (χ1) is 37.6. The van der Waals surface area contributed by atoms with Crippen LogP contribution in [0.5, 0.6) is 0 Å². The maximum Gasteiger partial charge on any atom is 0.306 e. The number of ether oxygens (including phenoxy) is 2. The molecular weight excluding hydrogens is 933 g/mol. The molecule has 0 saturated carbocycles. The summed E-state index contributed by atoms with van der Waals surface area (Å²) in [5.74, 6) is -0.586. The zero-order valence-corrected chi connectivity index (χ0v) is 50.0. The van der Waals surface area contributed by atoms with Crippen LogP contribution < -0.4 is 0 Å². The third-order valence-corrected chi connectivity index (χ3v) is 14.1. The zero-order chi connectivity index (χ0) is 54.8. The Hall–Kier alpha value is -3.44. The normalized spacial score (nSPS) is 12.9. The first-order valence-corrected chi connectivity index (χ1v) is 32.4. The van der Waals surface area contributed by atoms with Gasteiger partial charge >= 0.3 is 11.9 Å². The monoisotopic (exact) mass is 1050 g/mol. The number of hydrogen-bond donors (Lipinski definition) is 1. The van der Waals surface area contributed by atoms with Gasteiger partial charge in [-0.3, -0.25) is 9.59 Å². The first-order valence-electron chi connectivity index (χ1n) is 32.4. The van der Waals surface area contributed by atoms with E-state index in [4.69, 9.17) is 9.47 Å². The molecule has 0 aliphatic heterocycles. The molecule has 0 spiro atoms. The van der Waals surface area contributed by atoms with E-state index in [9.17, 15) is 14.7 Å². The zero-order valence-electron chi connectivity index (χ0n) is 50.0. The first kappa shape index (κ1) is 72.6. The van der Waals surface area contributed by atoms with Crippen LogP contribution in [0.3, 0.4) is 0 Å².